The molecular formula is C25H39N3O. The molecule has 8 unspecified atom stereocenters. The number of rotatable bonds is 4. The van der Waals surface area contributed by atoms with Crippen LogP contribution >= 0.6 is 0 Å². The first kappa shape index (κ1) is 19.8. The number of hydrogen-bond acceptors (Lipinski definition) is 3. The number of carbonyl (C=O) groups excluding carboxylic acids is 1. The summed E-state index contributed by atoms with van der Waals surface area (Å²) in [7, 11) is 0. The van der Waals surface area contributed by atoms with Crippen LogP contribution in [0, 0.1) is 46.3 Å². The highest BCUT2D eigenvalue weighted by Crippen LogP contribution is 2.68. The molecule has 0 aliphatic heterocycles. The summed E-state index contributed by atoms with van der Waals surface area (Å²) in [6.07, 6.45) is 16.9. The van der Waals surface area contributed by atoms with Gasteiger partial charge in [-0.05, 0) is 98.2 Å². The van der Waals surface area contributed by atoms with Crippen molar-refractivity contribution in [2.75, 3.05) is 0 Å². The molecule has 29 heavy (non-hydrogen) atoms. The Morgan fingerprint density at radius 2 is 1.83 bits per heavy atom. The molecule has 4 nitrogen and oxygen atoms in total. The van der Waals surface area contributed by atoms with Crippen LogP contribution < -0.4 is 0 Å². The molecule has 1 aromatic heterocycles. The van der Waals surface area contributed by atoms with Gasteiger partial charge in [0.05, 0.1) is 12.4 Å². The summed E-state index contributed by atoms with van der Waals surface area (Å²) in [4.78, 5) is 14.8. The molecule has 0 radical (unpaired) electrons. The lowest BCUT2D eigenvalue weighted by Gasteiger charge is -2.62. The minimum atomic E-state index is 0.204. The van der Waals surface area contributed by atoms with E-state index in [4.69, 9.17) is 0 Å². The van der Waals surface area contributed by atoms with Crippen LogP contribution in [0.1, 0.15) is 85.0 Å². The van der Waals surface area contributed by atoms with Crippen molar-refractivity contribution < 1.29 is 4.79 Å². The summed E-state index contributed by atoms with van der Waals surface area (Å²) in [5, 5.41) is 8.35. The molecule has 0 spiro atoms. The highest BCUT2D eigenvalue weighted by atomic mass is 16.1. The smallest absolute Gasteiger partial charge is 0.159 e. The molecule has 0 N–H and O–H groups in total. The van der Waals surface area contributed by atoms with Crippen molar-refractivity contribution >= 4 is 5.78 Å². The Bertz CT molecular complexity index is 745. The second kappa shape index (κ2) is 7.20. The highest BCUT2D eigenvalue weighted by Gasteiger charge is 2.61. The first-order valence-electron chi connectivity index (χ1n) is 12.3. The van der Waals surface area contributed by atoms with Gasteiger partial charge in [-0.3, -0.25) is 4.79 Å². The number of ketones is 1. The molecule has 4 aliphatic carbocycles. The van der Waals surface area contributed by atoms with Gasteiger partial charge in [0.15, 0.2) is 5.78 Å². The lowest BCUT2D eigenvalue weighted by Crippen LogP contribution is -2.54. The van der Waals surface area contributed by atoms with Gasteiger partial charge >= 0.3 is 0 Å². The summed E-state index contributed by atoms with van der Waals surface area (Å²) >= 11 is 0. The third-order valence-electron chi connectivity index (χ3n) is 10.4. The Labute approximate surface area is 176 Å². The Morgan fingerprint density at radius 3 is 2.59 bits per heavy atom. The zero-order chi connectivity index (χ0) is 20.2. The van der Waals surface area contributed by atoms with E-state index in [1.54, 1.807) is 17.2 Å². The Morgan fingerprint density at radius 1 is 1.03 bits per heavy atom. The van der Waals surface area contributed by atoms with Gasteiger partial charge in [-0.15, -0.1) is 0 Å². The predicted octanol–water partition coefficient (Wildman–Crippen LogP) is 5.53. The monoisotopic (exact) mass is 397 g/mol. The topological polar surface area (TPSA) is 47.8 Å². The maximum atomic E-state index is 13.2. The van der Waals surface area contributed by atoms with Crippen LogP contribution in [0.25, 0.3) is 0 Å². The van der Waals surface area contributed by atoms with Crippen molar-refractivity contribution in [1.82, 2.24) is 15.0 Å². The van der Waals surface area contributed by atoms with Crippen LogP contribution in [-0.2, 0) is 11.3 Å². The van der Waals surface area contributed by atoms with E-state index in [9.17, 15) is 4.79 Å². The number of Topliss-reactive ketones (excluding diaryl/α,β-unsaturated/α-hetero) is 1. The minimum Gasteiger partial charge on any atom is -0.297 e. The summed E-state index contributed by atoms with van der Waals surface area (Å²) in [6.45, 7) is 7.78. The van der Waals surface area contributed by atoms with Crippen LogP contribution in [0.3, 0.4) is 0 Å². The molecular weight excluding hydrogens is 358 g/mol. The van der Waals surface area contributed by atoms with E-state index in [1.165, 1.54) is 57.8 Å². The fourth-order valence-corrected chi connectivity index (χ4v) is 9.08. The van der Waals surface area contributed by atoms with Crippen molar-refractivity contribution in [3.8, 4) is 0 Å². The second-order valence-corrected chi connectivity index (χ2v) is 11.3. The SMILES string of the molecule is CCC12CCC(C)CC1CCC1C3CCC(C(=O)Cn4nccn4)C3(C)CCC12. The molecule has 0 saturated heterocycles. The number of aromatic nitrogens is 3. The Kier molecular flexibility index (Phi) is 4.90. The van der Waals surface area contributed by atoms with Gasteiger partial charge in [-0.2, -0.15) is 15.0 Å². The summed E-state index contributed by atoms with van der Waals surface area (Å²) in [5.41, 5.74) is 0.812. The molecule has 4 heteroatoms. The van der Waals surface area contributed by atoms with Crippen LogP contribution in [0.15, 0.2) is 12.4 Å². The Balaban J connectivity index is 1.38. The minimum absolute atomic E-state index is 0.204. The predicted molar refractivity (Wildman–Crippen MR) is 114 cm³/mol. The van der Waals surface area contributed by atoms with Gasteiger partial charge in [0.1, 0.15) is 6.54 Å². The molecule has 5 rings (SSSR count). The highest BCUT2D eigenvalue weighted by molar-refractivity contribution is 5.81. The molecule has 160 valence electrons. The number of hydrogen-bond donors (Lipinski definition) is 0. The Hall–Kier alpha value is -1.19. The van der Waals surface area contributed by atoms with Crippen LogP contribution in [0.4, 0.5) is 0 Å². The van der Waals surface area contributed by atoms with Crippen LogP contribution in [0.2, 0.25) is 0 Å². The first-order valence-corrected chi connectivity index (χ1v) is 12.3. The molecule has 0 amide bonds. The lowest BCUT2D eigenvalue weighted by atomic mass is 9.43. The van der Waals surface area contributed by atoms with E-state index < -0.39 is 0 Å². The lowest BCUT2D eigenvalue weighted by molar-refractivity contribution is -0.141. The molecule has 4 saturated carbocycles. The maximum absolute atomic E-state index is 13.2. The van der Waals surface area contributed by atoms with Crippen LogP contribution in [0.5, 0.6) is 0 Å². The zero-order valence-electron chi connectivity index (χ0n) is 18.6. The number of carbonyl (C=O) groups is 1. The maximum Gasteiger partial charge on any atom is 0.159 e. The second-order valence-electron chi connectivity index (χ2n) is 11.3. The van der Waals surface area contributed by atoms with E-state index in [-0.39, 0.29) is 11.3 Å². The third kappa shape index (κ3) is 2.95. The third-order valence-corrected chi connectivity index (χ3v) is 10.4. The summed E-state index contributed by atoms with van der Waals surface area (Å²) in [6, 6.07) is 0. The van der Waals surface area contributed by atoms with E-state index in [2.05, 4.69) is 31.0 Å². The number of nitrogens with zero attached hydrogens (tertiary/aromatic N) is 3. The summed E-state index contributed by atoms with van der Waals surface area (Å²) in [5.74, 6) is 5.00. The van der Waals surface area contributed by atoms with Crippen molar-refractivity contribution in [2.45, 2.75) is 91.5 Å². The first-order chi connectivity index (χ1) is 14.0. The van der Waals surface area contributed by atoms with Crippen molar-refractivity contribution in [2.24, 2.45) is 46.3 Å². The van der Waals surface area contributed by atoms with Crippen molar-refractivity contribution in [1.29, 1.82) is 0 Å². The standard InChI is InChI=1S/C25H39N3O/c1-4-25-12-9-17(2)15-18(25)5-6-19-20-7-8-22(24(20,3)11-10-21(19)25)23(29)16-28-26-13-14-27-28/h13-14,17-22H,4-12,15-16H2,1-3H3. The van der Waals surface area contributed by atoms with E-state index in [0.29, 0.717) is 17.7 Å². The van der Waals surface area contributed by atoms with Gasteiger partial charge in [0.25, 0.3) is 0 Å². The molecule has 8 atom stereocenters. The normalized spacial score (nSPS) is 46.6. The average Bonchev–Trinajstić information content (AvgIpc) is 3.34. The van der Waals surface area contributed by atoms with Crippen molar-refractivity contribution in [3.05, 3.63) is 12.4 Å². The molecule has 4 aliphatic rings. The molecule has 1 heterocycles. The van der Waals surface area contributed by atoms with E-state index >= 15 is 0 Å². The van der Waals surface area contributed by atoms with Gasteiger partial charge < -0.3 is 0 Å². The fourth-order valence-electron chi connectivity index (χ4n) is 9.08. The summed E-state index contributed by atoms with van der Waals surface area (Å²) < 4.78 is 0. The molecule has 4 fully saturated rings. The van der Waals surface area contributed by atoms with Gasteiger partial charge in [-0.25, -0.2) is 0 Å². The van der Waals surface area contributed by atoms with Gasteiger partial charge in [-0.1, -0.05) is 27.2 Å². The fraction of sp³-hybridized carbons (Fsp3) is 0.880. The zero-order valence-corrected chi connectivity index (χ0v) is 18.6. The molecule has 1 aromatic rings. The average molecular weight is 398 g/mol. The largest absolute Gasteiger partial charge is 0.297 e. The molecule has 0 bridgehead atoms. The molecule has 0 aromatic carbocycles. The van der Waals surface area contributed by atoms with E-state index in [0.717, 1.165) is 36.0 Å². The van der Waals surface area contributed by atoms with Crippen LogP contribution in [-0.4, -0.2) is 20.8 Å². The van der Waals surface area contributed by atoms with Gasteiger partial charge in [0, 0.05) is 5.92 Å². The van der Waals surface area contributed by atoms with Crippen molar-refractivity contribution in [3.63, 3.8) is 0 Å². The quantitative estimate of drug-likeness (QED) is 0.671. The number of fused-ring (bicyclic) bond motifs is 5. The van der Waals surface area contributed by atoms with E-state index in [1.807, 2.05) is 0 Å². The van der Waals surface area contributed by atoms with Gasteiger partial charge in [0.2, 0.25) is 0 Å².